The Morgan fingerprint density at radius 1 is 0.960 bits per heavy atom. The number of carbonyl (C=O) groups is 1. The normalized spacial score (nSPS) is 15.5. The molecule has 4 heteroatoms. The highest BCUT2D eigenvalue weighted by molar-refractivity contribution is 6.07. The number of hydrogen-bond acceptors (Lipinski definition) is 4. The van der Waals surface area contributed by atoms with Crippen LogP contribution >= 0.6 is 0 Å². The molecule has 1 heterocycles. The van der Waals surface area contributed by atoms with E-state index in [1.54, 1.807) is 30.3 Å². The smallest absolute Gasteiger partial charge is 0.363 e. The molecule has 0 bridgehead atoms. The predicted octanol–water partition coefficient (Wildman–Crippen LogP) is 5.61. The molecule has 0 aliphatic carbocycles. The van der Waals surface area contributed by atoms with Crippen LogP contribution in [0.4, 0.5) is 0 Å². The second kappa shape index (κ2) is 10.7. The molecule has 0 fully saturated rings. The first-order valence-electron chi connectivity index (χ1n) is 9.49. The maximum atomic E-state index is 11.9. The van der Waals surface area contributed by atoms with Crippen LogP contribution in [0.1, 0.15) is 76.7 Å². The highest BCUT2D eigenvalue weighted by Gasteiger charge is 2.22. The largest absolute Gasteiger partial charge is 0.508 e. The van der Waals surface area contributed by atoms with Gasteiger partial charge in [-0.1, -0.05) is 70.4 Å². The molecular formula is C21H29NO3. The fourth-order valence-electron chi connectivity index (χ4n) is 2.88. The minimum atomic E-state index is -0.390. The number of unbranched alkanes of at least 4 members (excludes halogenated alkanes) is 8. The molecular weight excluding hydrogens is 314 g/mol. The minimum absolute atomic E-state index is 0.200. The summed E-state index contributed by atoms with van der Waals surface area (Å²) in [5.74, 6) is 0.336. The van der Waals surface area contributed by atoms with E-state index in [-0.39, 0.29) is 11.7 Å². The molecule has 1 aromatic rings. The Morgan fingerprint density at radius 2 is 1.56 bits per heavy atom. The van der Waals surface area contributed by atoms with Crippen LogP contribution < -0.4 is 0 Å². The summed E-state index contributed by atoms with van der Waals surface area (Å²) in [6.07, 6.45) is 13.8. The Morgan fingerprint density at radius 3 is 2.20 bits per heavy atom. The highest BCUT2D eigenvalue weighted by Crippen LogP contribution is 2.20. The van der Waals surface area contributed by atoms with Crippen molar-refractivity contribution in [2.24, 2.45) is 4.99 Å². The zero-order valence-electron chi connectivity index (χ0n) is 15.2. The van der Waals surface area contributed by atoms with Crippen molar-refractivity contribution in [1.29, 1.82) is 0 Å². The molecule has 0 saturated heterocycles. The second-order valence-corrected chi connectivity index (χ2v) is 6.59. The van der Waals surface area contributed by atoms with Gasteiger partial charge in [-0.3, -0.25) is 0 Å². The number of carbonyl (C=O) groups excluding carboxylic acids is 1. The standard InChI is InChI=1S/C21H29NO3/c1-2-3-4-5-6-7-8-9-10-11-20-22-19(21(24)25-20)16-17-12-14-18(23)15-13-17/h12-16,23H,2-11H2,1H3. The van der Waals surface area contributed by atoms with Gasteiger partial charge in [0.2, 0.25) is 0 Å². The summed E-state index contributed by atoms with van der Waals surface area (Å²) in [4.78, 5) is 16.2. The number of aliphatic imine (C=N–C) groups is 1. The number of ether oxygens (including phenoxy) is 1. The maximum absolute atomic E-state index is 11.9. The fourth-order valence-corrected chi connectivity index (χ4v) is 2.88. The summed E-state index contributed by atoms with van der Waals surface area (Å²) in [6.45, 7) is 2.24. The van der Waals surface area contributed by atoms with Gasteiger partial charge >= 0.3 is 5.97 Å². The first-order chi connectivity index (χ1) is 12.2. The summed E-state index contributed by atoms with van der Waals surface area (Å²) >= 11 is 0. The molecule has 0 aromatic heterocycles. The van der Waals surface area contributed by atoms with E-state index < -0.39 is 0 Å². The van der Waals surface area contributed by atoms with Crippen molar-refractivity contribution in [2.75, 3.05) is 0 Å². The molecule has 2 rings (SSSR count). The minimum Gasteiger partial charge on any atom is -0.508 e. The van der Waals surface area contributed by atoms with Crippen LogP contribution in [0.25, 0.3) is 6.08 Å². The van der Waals surface area contributed by atoms with Crippen LogP contribution in [0.5, 0.6) is 5.75 Å². The molecule has 1 aromatic carbocycles. The van der Waals surface area contributed by atoms with Crippen LogP contribution in [0.3, 0.4) is 0 Å². The van der Waals surface area contributed by atoms with Crippen molar-refractivity contribution in [3.8, 4) is 5.75 Å². The number of rotatable bonds is 11. The molecule has 0 spiro atoms. The molecule has 136 valence electrons. The number of phenols is 1. The zero-order chi connectivity index (χ0) is 17.9. The number of aromatic hydroxyl groups is 1. The second-order valence-electron chi connectivity index (χ2n) is 6.59. The molecule has 0 amide bonds. The van der Waals surface area contributed by atoms with Gasteiger partial charge in [0.15, 0.2) is 11.6 Å². The maximum Gasteiger partial charge on any atom is 0.363 e. The topological polar surface area (TPSA) is 58.9 Å². The van der Waals surface area contributed by atoms with Gasteiger partial charge in [-0.05, 0) is 30.2 Å². The van der Waals surface area contributed by atoms with E-state index in [1.165, 1.54) is 44.9 Å². The molecule has 25 heavy (non-hydrogen) atoms. The van der Waals surface area contributed by atoms with E-state index in [0.717, 1.165) is 18.4 Å². The van der Waals surface area contributed by atoms with Gasteiger partial charge in [0.1, 0.15) is 5.75 Å². The van der Waals surface area contributed by atoms with Crippen molar-refractivity contribution in [1.82, 2.24) is 0 Å². The predicted molar refractivity (Wildman–Crippen MR) is 101 cm³/mol. The number of esters is 1. The van der Waals surface area contributed by atoms with Crippen molar-refractivity contribution >= 4 is 17.9 Å². The number of phenolic OH excluding ortho intramolecular Hbond substituents is 1. The molecule has 0 saturated carbocycles. The third-order valence-electron chi connectivity index (χ3n) is 4.36. The van der Waals surface area contributed by atoms with Gasteiger partial charge in [-0.25, -0.2) is 9.79 Å². The van der Waals surface area contributed by atoms with E-state index in [1.807, 2.05) is 0 Å². The average molecular weight is 343 g/mol. The van der Waals surface area contributed by atoms with E-state index in [9.17, 15) is 9.90 Å². The van der Waals surface area contributed by atoms with E-state index in [0.29, 0.717) is 18.0 Å². The monoisotopic (exact) mass is 343 g/mol. The summed E-state index contributed by atoms with van der Waals surface area (Å²) in [7, 11) is 0. The van der Waals surface area contributed by atoms with Crippen molar-refractivity contribution in [3.63, 3.8) is 0 Å². The number of benzene rings is 1. The number of cyclic esters (lactones) is 1. The zero-order valence-corrected chi connectivity index (χ0v) is 15.2. The molecule has 0 radical (unpaired) electrons. The lowest BCUT2D eigenvalue weighted by molar-refractivity contribution is -0.130. The van der Waals surface area contributed by atoms with Crippen LogP contribution in [-0.4, -0.2) is 17.0 Å². The van der Waals surface area contributed by atoms with Crippen LogP contribution in [0.15, 0.2) is 35.0 Å². The van der Waals surface area contributed by atoms with Gasteiger partial charge in [0, 0.05) is 6.42 Å². The Kier molecular flexibility index (Phi) is 8.23. The van der Waals surface area contributed by atoms with Crippen LogP contribution in [-0.2, 0) is 9.53 Å². The molecule has 0 atom stereocenters. The average Bonchev–Trinajstić information content (AvgIpc) is 2.95. The number of nitrogens with zero attached hydrogens (tertiary/aromatic N) is 1. The summed E-state index contributed by atoms with van der Waals surface area (Å²) in [6, 6.07) is 6.65. The summed E-state index contributed by atoms with van der Waals surface area (Å²) in [5.41, 5.74) is 1.15. The lowest BCUT2D eigenvalue weighted by atomic mass is 10.1. The molecule has 0 unspecified atom stereocenters. The van der Waals surface area contributed by atoms with Crippen molar-refractivity contribution < 1.29 is 14.6 Å². The van der Waals surface area contributed by atoms with E-state index in [4.69, 9.17) is 4.74 Å². The lowest BCUT2D eigenvalue weighted by Gasteiger charge is -2.02. The van der Waals surface area contributed by atoms with E-state index in [2.05, 4.69) is 11.9 Å². The first kappa shape index (κ1) is 19.2. The lowest BCUT2D eigenvalue weighted by Crippen LogP contribution is -2.03. The first-order valence-corrected chi connectivity index (χ1v) is 9.49. The van der Waals surface area contributed by atoms with E-state index >= 15 is 0 Å². The van der Waals surface area contributed by atoms with Crippen LogP contribution in [0, 0.1) is 0 Å². The van der Waals surface area contributed by atoms with Gasteiger partial charge in [0.05, 0.1) is 0 Å². The molecule has 1 aliphatic heterocycles. The van der Waals surface area contributed by atoms with Crippen molar-refractivity contribution in [2.45, 2.75) is 71.1 Å². The number of hydrogen-bond donors (Lipinski definition) is 1. The Bertz CT molecular complexity index is 602. The third-order valence-corrected chi connectivity index (χ3v) is 4.36. The van der Waals surface area contributed by atoms with Gasteiger partial charge in [0.25, 0.3) is 0 Å². The Hall–Kier alpha value is -2.10. The molecule has 1 N–H and O–H groups in total. The van der Waals surface area contributed by atoms with Crippen molar-refractivity contribution in [3.05, 3.63) is 35.5 Å². The Balaban J connectivity index is 1.67. The highest BCUT2D eigenvalue weighted by atomic mass is 16.6. The fraction of sp³-hybridized carbons (Fsp3) is 0.524. The SMILES string of the molecule is CCCCCCCCCCCC1=NC(=Cc2ccc(O)cc2)C(=O)O1. The van der Waals surface area contributed by atoms with Crippen LogP contribution in [0.2, 0.25) is 0 Å². The van der Waals surface area contributed by atoms with Gasteiger partial charge in [-0.2, -0.15) is 0 Å². The molecule has 1 aliphatic rings. The summed E-state index contributed by atoms with van der Waals surface area (Å²) in [5, 5.41) is 9.28. The quantitative estimate of drug-likeness (QED) is 0.323. The molecule has 4 nitrogen and oxygen atoms in total. The Labute approximate surface area is 150 Å². The van der Waals surface area contributed by atoms with Gasteiger partial charge < -0.3 is 9.84 Å². The third kappa shape index (κ3) is 7.12. The summed E-state index contributed by atoms with van der Waals surface area (Å²) < 4.78 is 5.24. The van der Waals surface area contributed by atoms with Gasteiger partial charge in [-0.15, -0.1) is 0 Å².